The smallest absolute Gasteiger partial charge is 0.336 e. The van der Waals surface area contributed by atoms with Crippen molar-refractivity contribution in [1.82, 2.24) is 9.96 Å². The van der Waals surface area contributed by atoms with E-state index >= 15 is 0 Å². The number of piperidine rings is 3. The lowest BCUT2D eigenvalue weighted by atomic mass is 9.70. The Bertz CT molecular complexity index is 1500. The van der Waals surface area contributed by atoms with Gasteiger partial charge in [0.05, 0.1) is 32.5 Å². The Morgan fingerprint density at radius 1 is 0.894 bits per heavy atom. The lowest BCUT2D eigenvalue weighted by Gasteiger charge is -2.56. The average Bonchev–Trinajstić information content (AvgIpc) is 3.05. The van der Waals surface area contributed by atoms with Crippen molar-refractivity contribution >= 4 is 17.9 Å². The fourth-order valence-electron chi connectivity index (χ4n) is 7.29. The third-order valence-corrected chi connectivity index (χ3v) is 9.62. The van der Waals surface area contributed by atoms with Crippen molar-refractivity contribution in [2.24, 2.45) is 5.92 Å². The number of aliphatic hydroxyl groups is 1. The molecule has 3 saturated heterocycles. The van der Waals surface area contributed by atoms with Gasteiger partial charge in [0.25, 0.3) is 0 Å². The Kier molecular flexibility index (Phi) is 10.6. The number of rotatable bonds is 14. The molecule has 47 heavy (non-hydrogen) atoms. The number of hydroxylamine groups is 2. The second-order valence-corrected chi connectivity index (χ2v) is 13.0. The van der Waals surface area contributed by atoms with Crippen molar-refractivity contribution in [3.63, 3.8) is 0 Å². The van der Waals surface area contributed by atoms with E-state index in [4.69, 9.17) is 9.57 Å². The van der Waals surface area contributed by atoms with Gasteiger partial charge in [0.15, 0.2) is 5.60 Å². The number of hydrogen-bond donors (Lipinski definition) is 3. The van der Waals surface area contributed by atoms with E-state index in [9.17, 15) is 29.7 Å². The molecule has 10 nitrogen and oxygen atoms in total. The number of hydrogen-bond acceptors (Lipinski definition) is 8. The van der Waals surface area contributed by atoms with E-state index in [2.05, 4.69) is 43.0 Å². The number of fused-ring (bicyclic) bond motifs is 3. The molecule has 3 unspecified atom stereocenters. The number of benzene rings is 3. The minimum Gasteiger partial charge on any atom is -0.496 e. The van der Waals surface area contributed by atoms with Gasteiger partial charge in [-0.05, 0) is 60.5 Å². The van der Waals surface area contributed by atoms with Crippen LogP contribution in [0.4, 0.5) is 0 Å². The van der Waals surface area contributed by atoms with Gasteiger partial charge in [-0.3, -0.25) is 14.5 Å². The Balaban J connectivity index is 1.61. The molecule has 0 spiro atoms. The van der Waals surface area contributed by atoms with E-state index < -0.39 is 36.4 Å². The second kappa shape index (κ2) is 14.7. The fourth-order valence-corrected chi connectivity index (χ4v) is 7.29. The van der Waals surface area contributed by atoms with E-state index in [1.165, 1.54) is 0 Å². The monoisotopic (exact) mass is 644 g/mol. The van der Waals surface area contributed by atoms with Crippen LogP contribution in [0.25, 0.3) is 0 Å². The summed E-state index contributed by atoms with van der Waals surface area (Å²) in [6.45, 7) is 6.08. The summed E-state index contributed by atoms with van der Waals surface area (Å²) >= 11 is 0. The Morgan fingerprint density at radius 3 is 2.00 bits per heavy atom. The summed E-state index contributed by atoms with van der Waals surface area (Å²) in [5.41, 5.74) is 1.28. The Morgan fingerprint density at radius 2 is 1.49 bits per heavy atom. The predicted molar refractivity (Wildman–Crippen MR) is 175 cm³/mol. The van der Waals surface area contributed by atoms with Crippen molar-refractivity contribution in [1.29, 1.82) is 0 Å². The minimum absolute atomic E-state index is 0.0847. The maximum absolute atomic E-state index is 13.6. The molecule has 0 radical (unpaired) electrons. The van der Waals surface area contributed by atoms with Gasteiger partial charge in [0.2, 0.25) is 0 Å². The highest BCUT2D eigenvalue weighted by Crippen LogP contribution is 2.45. The van der Waals surface area contributed by atoms with Crippen molar-refractivity contribution in [2.45, 2.75) is 75.6 Å². The van der Waals surface area contributed by atoms with Crippen LogP contribution in [0.1, 0.15) is 73.6 Å². The Labute approximate surface area is 275 Å². The molecule has 3 heterocycles. The minimum atomic E-state index is -2.82. The maximum atomic E-state index is 13.6. The zero-order valence-corrected chi connectivity index (χ0v) is 27.1. The lowest BCUT2D eigenvalue weighted by molar-refractivity contribution is -0.235. The topological polar surface area (TPSA) is 137 Å². The summed E-state index contributed by atoms with van der Waals surface area (Å²) in [5, 5.41) is 31.4. The molecule has 3 aliphatic heterocycles. The summed E-state index contributed by atoms with van der Waals surface area (Å²) in [7, 11) is 1.58. The summed E-state index contributed by atoms with van der Waals surface area (Å²) in [6.07, 6.45) is -0.408. The van der Waals surface area contributed by atoms with Crippen LogP contribution in [0.5, 0.6) is 5.75 Å². The van der Waals surface area contributed by atoms with Gasteiger partial charge < -0.3 is 24.9 Å². The van der Waals surface area contributed by atoms with Gasteiger partial charge in [-0.25, -0.2) is 4.79 Å². The number of nitrogens with zero attached hydrogens (tertiary/aromatic N) is 2. The second-order valence-electron chi connectivity index (χ2n) is 13.0. The van der Waals surface area contributed by atoms with Gasteiger partial charge in [-0.1, -0.05) is 86.6 Å². The molecule has 250 valence electrons. The first-order valence-corrected chi connectivity index (χ1v) is 16.2. The SMILES string of the molecule is COc1ccc(C(C)C)cc1CN(OC(=O)CC(O)(CC(=O)O)C(=O)O)C1C2CCN(CC2)C1C(c1ccccc1)c1ccccc1. The average molecular weight is 645 g/mol. The van der Waals surface area contributed by atoms with Gasteiger partial charge in [0, 0.05) is 17.5 Å². The van der Waals surface area contributed by atoms with Crippen molar-refractivity contribution in [2.75, 3.05) is 20.2 Å². The Hall–Kier alpha value is -4.25. The highest BCUT2D eigenvalue weighted by molar-refractivity contribution is 5.88. The van der Waals surface area contributed by atoms with E-state index in [-0.39, 0.29) is 36.4 Å². The first-order chi connectivity index (χ1) is 22.5. The van der Waals surface area contributed by atoms with Gasteiger partial charge in [-0.2, -0.15) is 0 Å². The highest BCUT2D eigenvalue weighted by atomic mass is 16.7. The van der Waals surface area contributed by atoms with Gasteiger partial charge in [0.1, 0.15) is 5.75 Å². The van der Waals surface area contributed by atoms with E-state index in [1.807, 2.05) is 54.6 Å². The third-order valence-electron chi connectivity index (χ3n) is 9.62. The van der Waals surface area contributed by atoms with Crippen LogP contribution in [-0.4, -0.2) is 81.1 Å². The number of carbonyl (C=O) groups is 3. The van der Waals surface area contributed by atoms with E-state index in [0.717, 1.165) is 48.2 Å². The van der Waals surface area contributed by atoms with Crippen LogP contribution >= 0.6 is 0 Å². The summed E-state index contributed by atoms with van der Waals surface area (Å²) in [4.78, 5) is 45.6. The molecule has 3 atom stereocenters. The number of ether oxygens (including phenoxy) is 1. The van der Waals surface area contributed by atoms with Crippen molar-refractivity contribution < 1.29 is 39.3 Å². The molecule has 10 heteroatoms. The molecule has 3 aromatic rings. The van der Waals surface area contributed by atoms with Crippen LogP contribution < -0.4 is 4.74 Å². The quantitative estimate of drug-likeness (QED) is 0.205. The van der Waals surface area contributed by atoms with E-state index in [1.54, 1.807) is 12.2 Å². The fraction of sp³-hybridized carbons (Fsp3) is 0.432. The molecular weight excluding hydrogens is 600 g/mol. The lowest BCUT2D eigenvalue weighted by Crippen LogP contribution is -2.65. The predicted octanol–water partition coefficient (Wildman–Crippen LogP) is 5.05. The first kappa shape index (κ1) is 34.1. The number of carboxylic acids is 2. The summed E-state index contributed by atoms with van der Waals surface area (Å²) < 4.78 is 5.74. The highest BCUT2D eigenvalue weighted by Gasteiger charge is 2.51. The molecular formula is C37H44N2O8. The largest absolute Gasteiger partial charge is 0.496 e. The summed E-state index contributed by atoms with van der Waals surface area (Å²) in [6, 6.07) is 26.0. The van der Waals surface area contributed by atoms with Gasteiger partial charge >= 0.3 is 17.9 Å². The molecule has 3 aromatic carbocycles. The zero-order valence-electron chi connectivity index (χ0n) is 27.1. The number of aliphatic carboxylic acids is 2. The molecule has 0 aliphatic carbocycles. The first-order valence-electron chi connectivity index (χ1n) is 16.2. The van der Waals surface area contributed by atoms with Crippen LogP contribution in [-0.2, 0) is 25.8 Å². The zero-order chi connectivity index (χ0) is 33.7. The third kappa shape index (κ3) is 7.67. The molecule has 0 saturated carbocycles. The van der Waals surface area contributed by atoms with Crippen LogP contribution in [0.3, 0.4) is 0 Å². The number of methoxy groups -OCH3 is 1. The maximum Gasteiger partial charge on any atom is 0.336 e. The molecule has 6 rings (SSSR count). The van der Waals surface area contributed by atoms with E-state index in [0.29, 0.717) is 5.75 Å². The van der Waals surface area contributed by atoms with Crippen molar-refractivity contribution in [3.8, 4) is 5.75 Å². The van der Waals surface area contributed by atoms with Gasteiger partial charge in [-0.15, -0.1) is 5.06 Å². The standard InChI is InChI=1S/C37H44N2O8/c1-24(2)28-14-15-30(46-3)29(20-28)23-39(47-32(42)22-37(45,36(43)44)21-31(40)41)34-27-16-18-38(19-17-27)35(34)33(25-10-6-4-7-11-25)26-12-8-5-9-13-26/h4-15,20,24,27,33-35,45H,16-19,21-23H2,1-3H3,(H,40,41)(H,43,44). The normalized spacial score (nSPS) is 21.9. The summed E-state index contributed by atoms with van der Waals surface area (Å²) in [5.74, 6) is -3.47. The molecule has 3 N–H and O–H groups in total. The number of carboxylic acid groups (broad SMARTS) is 2. The molecule has 2 bridgehead atoms. The molecule has 3 fully saturated rings. The van der Waals surface area contributed by atoms with Crippen LogP contribution in [0.2, 0.25) is 0 Å². The van der Waals surface area contributed by atoms with Crippen molar-refractivity contribution in [3.05, 3.63) is 101 Å². The van der Waals surface area contributed by atoms with Crippen LogP contribution in [0, 0.1) is 5.92 Å². The molecule has 0 aromatic heterocycles. The number of carbonyl (C=O) groups excluding carboxylic acids is 1. The molecule has 0 amide bonds. The molecule has 3 aliphatic rings. The van der Waals surface area contributed by atoms with Crippen LogP contribution in [0.15, 0.2) is 78.9 Å².